The van der Waals surface area contributed by atoms with E-state index in [1.807, 2.05) is 6.07 Å². The van der Waals surface area contributed by atoms with E-state index in [0.717, 1.165) is 10.2 Å². The highest BCUT2D eigenvalue weighted by atomic mass is 79.9. The molecule has 0 fully saturated rings. The second-order valence-electron chi connectivity index (χ2n) is 2.50. The highest BCUT2D eigenvalue weighted by Crippen LogP contribution is 2.14. The van der Waals surface area contributed by atoms with E-state index >= 15 is 0 Å². The van der Waals surface area contributed by atoms with E-state index in [1.165, 1.54) is 0 Å². The van der Waals surface area contributed by atoms with Gasteiger partial charge in [-0.25, -0.2) is 4.98 Å². The maximum atomic E-state index is 11.9. The summed E-state index contributed by atoms with van der Waals surface area (Å²) in [4.78, 5) is 4.00. The summed E-state index contributed by atoms with van der Waals surface area (Å²) < 4.78 is 12.7. The van der Waals surface area contributed by atoms with Crippen LogP contribution in [0.2, 0.25) is 0 Å². The molecule has 0 bridgehead atoms. The van der Waals surface area contributed by atoms with Crippen molar-refractivity contribution >= 4 is 28.3 Å². The Bertz CT molecular complexity index is 242. The summed E-state index contributed by atoms with van der Waals surface area (Å²) in [6.45, 7) is -0.392. The largest absolute Gasteiger partial charge is 0.324 e. The van der Waals surface area contributed by atoms with Gasteiger partial charge in [-0.2, -0.15) is 0 Å². The molecule has 1 rings (SSSR count). The number of hydrogen-bond acceptors (Lipinski definition) is 2. The second-order valence-corrected chi connectivity index (χ2v) is 3.31. The molecule has 0 amide bonds. The van der Waals surface area contributed by atoms with Gasteiger partial charge in [0.2, 0.25) is 0 Å². The van der Waals surface area contributed by atoms with E-state index in [0.29, 0.717) is 6.42 Å². The van der Waals surface area contributed by atoms with Gasteiger partial charge in [-0.15, -0.1) is 12.4 Å². The number of nitrogens with two attached hydrogens (primary N) is 1. The van der Waals surface area contributed by atoms with Gasteiger partial charge in [-0.05, 0) is 34.0 Å². The Labute approximate surface area is 91.3 Å². The fourth-order valence-electron chi connectivity index (χ4n) is 0.891. The van der Waals surface area contributed by atoms with Crippen molar-refractivity contribution in [3.63, 3.8) is 0 Å². The second kappa shape index (κ2) is 6.29. The van der Waals surface area contributed by atoms with Crippen molar-refractivity contribution in [3.8, 4) is 0 Å². The standard InChI is InChI=1S/C8H10BrFN2.ClH/c9-8-2-1-6(5-12-8)7(11)3-4-10;/h1-2,5,7H,3-4,11H2;1H/t7-;/m1./s1. The molecule has 0 aromatic carbocycles. The predicted molar refractivity (Wildman–Crippen MR) is 56.7 cm³/mol. The van der Waals surface area contributed by atoms with Crippen LogP contribution < -0.4 is 5.73 Å². The number of nitrogens with zero attached hydrogens (tertiary/aromatic N) is 1. The first-order chi connectivity index (χ1) is 5.74. The lowest BCUT2D eigenvalue weighted by Gasteiger charge is -2.08. The average molecular weight is 270 g/mol. The van der Waals surface area contributed by atoms with Crippen LogP contribution in [0.1, 0.15) is 18.0 Å². The SMILES string of the molecule is Cl.N[C@H](CCF)c1ccc(Br)nc1. The molecule has 13 heavy (non-hydrogen) atoms. The van der Waals surface area contributed by atoms with E-state index in [4.69, 9.17) is 5.73 Å². The normalized spacial score (nSPS) is 11.9. The van der Waals surface area contributed by atoms with Crippen molar-refractivity contribution in [1.29, 1.82) is 0 Å². The Morgan fingerprint density at radius 1 is 1.54 bits per heavy atom. The number of hydrogen-bond donors (Lipinski definition) is 1. The first-order valence-corrected chi connectivity index (χ1v) is 4.46. The molecule has 5 heteroatoms. The van der Waals surface area contributed by atoms with Crippen molar-refractivity contribution in [2.75, 3.05) is 6.67 Å². The van der Waals surface area contributed by atoms with Crippen LogP contribution in [-0.4, -0.2) is 11.7 Å². The molecule has 0 aliphatic heterocycles. The lowest BCUT2D eigenvalue weighted by Crippen LogP contribution is -2.10. The quantitative estimate of drug-likeness (QED) is 0.857. The minimum absolute atomic E-state index is 0. The third-order valence-corrected chi connectivity index (χ3v) is 2.07. The molecular formula is C8H11BrClFN2. The van der Waals surface area contributed by atoms with Gasteiger partial charge in [0, 0.05) is 12.2 Å². The Morgan fingerprint density at radius 3 is 2.69 bits per heavy atom. The highest BCUT2D eigenvalue weighted by molar-refractivity contribution is 9.10. The zero-order valence-electron chi connectivity index (χ0n) is 6.91. The molecule has 0 saturated carbocycles. The molecule has 0 unspecified atom stereocenters. The molecule has 74 valence electrons. The van der Waals surface area contributed by atoms with Gasteiger partial charge in [0.1, 0.15) is 4.60 Å². The fraction of sp³-hybridized carbons (Fsp3) is 0.375. The van der Waals surface area contributed by atoms with Crippen LogP contribution in [0.25, 0.3) is 0 Å². The van der Waals surface area contributed by atoms with Crippen molar-refractivity contribution in [1.82, 2.24) is 4.98 Å². The van der Waals surface area contributed by atoms with E-state index in [9.17, 15) is 4.39 Å². The van der Waals surface area contributed by atoms with Crippen LogP contribution in [0.4, 0.5) is 4.39 Å². The monoisotopic (exact) mass is 268 g/mol. The van der Waals surface area contributed by atoms with Crippen molar-refractivity contribution in [2.45, 2.75) is 12.5 Å². The van der Waals surface area contributed by atoms with Gasteiger partial charge in [0.05, 0.1) is 6.67 Å². The van der Waals surface area contributed by atoms with Crippen molar-refractivity contribution < 1.29 is 4.39 Å². The molecule has 0 aliphatic rings. The van der Waals surface area contributed by atoms with Gasteiger partial charge in [0.25, 0.3) is 0 Å². The zero-order chi connectivity index (χ0) is 8.97. The van der Waals surface area contributed by atoms with Crippen LogP contribution in [0.15, 0.2) is 22.9 Å². The molecule has 0 spiro atoms. The lowest BCUT2D eigenvalue weighted by molar-refractivity contribution is 0.441. The molecule has 2 nitrogen and oxygen atoms in total. The van der Waals surface area contributed by atoms with Crippen LogP contribution in [0.3, 0.4) is 0 Å². The summed E-state index contributed by atoms with van der Waals surface area (Å²) in [5, 5.41) is 0. The summed E-state index contributed by atoms with van der Waals surface area (Å²) in [6, 6.07) is 3.40. The molecule has 0 saturated heterocycles. The number of pyridine rings is 1. The van der Waals surface area contributed by atoms with E-state index in [1.54, 1.807) is 12.3 Å². The predicted octanol–water partition coefficient (Wildman–Crippen LogP) is 2.63. The molecule has 1 aromatic heterocycles. The van der Waals surface area contributed by atoms with E-state index < -0.39 is 6.67 Å². The average Bonchev–Trinajstić information content (AvgIpc) is 2.06. The summed E-state index contributed by atoms with van der Waals surface area (Å²) in [7, 11) is 0. The highest BCUT2D eigenvalue weighted by Gasteiger charge is 2.04. The first-order valence-electron chi connectivity index (χ1n) is 3.67. The number of aromatic nitrogens is 1. The lowest BCUT2D eigenvalue weighted by atomic mass is 10.1. The van der Waals surface area contributed by atoms with Gasteiger partial charge >= 0.3 is 0 Å². The van der Waals surface area contributed by atoms with Gasteiger partial charge in [-0.3, -0.25) is 4.39 Å². The molecule has 1 aromatic rings. The molecule has 1 atom stereocenters. The minimum Gasteiger partial charge on any atom is -0.324 e. The summed E-state index contributed by atoms with van der Waals surface area (Å²) >= 11 is 3.21. The smallest absolute Gasteiger partial charge is 0.106 e. The molecule has 2 N–H and O–H groups in total. The van der Waals surface area contributed by atoms with E-state index in [2.05, 4.69) is 20.9 Å². The minimum atomic E-state index is -0.392. The third kappa shape index (κ3) is 4.02. The maximum absolute atomic E-state index is 11.9. The van der Waals surface area contributed by atoms with Gasteiger partial charge in [-0.1, -0.05) is 6.07 Å². The molecule has 1 heterocycles. The molecular weight excluding hydrogens is 258 g/mol. The number of alkyl halides is 1. The maximum Gasteiger partial charge on any atom is 0.106 e. The number of rotatable bonds is 3. The Balaban J connectivity index is 0.00000144. The Kier molecular flexibility index (Phi) is 6.20. The molecule has 0 radical (unpaired) electrons. The number of halogens is 3. The summed E-state index contributed by atoms with van der Waals surface area (Å²) in [6.07, 6.45) is 2.01. The fourth-order valence-corrected chi connectivity index (χ4v) is 1.13. The molecule has 0 aliphatic carbocycles. The Morgan fingerprint density at radius 2 is 2.23 bits per heavy atom. The van der Waals surface area contributed by atoms with E-state index in [-0.39, 0.29) is 18.4 Å². The van der Waals surface area contributed by atoms with Crippen LogP contribution in [0, 0.1) is 0 Å². The third-order valence-electron chi connectivity index (χ3n) is 1.60. The topological polar surface area (TPSA) is 38.9 Å². The van der Waals surface area contributed by atoms with Crippen LogP contribution in [-0.2, 0) is 0 Å². The summed E-state index contributed by atoms with van der Waals surface area (Å²) in [5.41, 5.74) is 6.53. The van der Waals surface area contributed by atoms with Crippen LogP contribution >= 0.6 is 28.3 Å². The van der Waals surface area contributed by atoms with Gasteiger partial charge in [0.15, 0.2) is 0 Å². The first kappa shape index (κ1) is 12.8. The van der Waals surface area contributed by atoms with Gasteiger partial charge < -0.3 is 5.73 Å². The Hall–Kier alpha value is -0.190. The van der Waals surface area contributed by atoms with Crippen molar-refractivity contribution in [2.24, 2.45) is 5.73 Å². The van der Waals surface area contributed by atoms with Crippen LogP contribution in [0.5, 0.6) is 0 Å². The van der Waals surface area contributed by atoms with Crippen molar-refractivity contribution in [3.05, 3.63) is 28.5 Å². The summed E-state index contributed by atoms with van der Waals surface area (Å²) in [5.74, 6) is 0. The zero-order valence-corrected chi connectivity index (χ0v) is 9.31.